The van der Waals surface area contributed by atoms with Crippen LogP contribution in [-0.4, -0.2) is 6.69 Å². The van der Waals surface area contributed by atoms with Gasteiger partial charge in [-0.15, -0.1) is 22.2 Å². The molecule has 0 aromatic rings. The van der Waals surface area contributed by atoms with Gasteiger partial charge in [0.25, 0.3) is 0 Å². The van der Waals surface area contributed by atoms with Gasteiger partial charge in [-0.2, -0.15) is 0 Å². The van der Waals surface area contributed by atoms with Crippen LogP contribution in [0.25, 0.3) is 0 Å². The zero-order valence-electron chi connectivity index (χ0n) is 3.26. The van der Waals surface area contributed by atoms with Crippen molar-refractivity contribution in [3.05, 3.63) is 0 Å². The first-order valence-corrected chi connectivity index (χ1v) is 6.40. The third kappa shape index (κ3) is 360. The van der Waals surface area contributed by atoms with Crippen LogP contribution in [0.1, 0.15) is 22.3 Å². The molecule has 0 aromatic heterocycles. The predicted octanol–water partition coefficient (Wildman–Crippen LogP) is 4.07. The van der Waals surface area contributed by atoms with Crippen LogP contribution in [0.4, 0.5) is 0 Å². The van der Waals surface area contributed by atoms with Crippen molar-refractivity contribution in [2.45, 2.75) is 35.4 Å². The molecule has 8 heavy (non-hydrogen) atoms. The molecular formula is C5H18Cl2Si. The van der Waals surface area contributed by atoms with Crippen LogP contribution in [0.2, 0.25) is 13.1 Å². The Hall–Kier alpha value is 0.797. The molecular weight excluding hydrogens is 159 g/mol. The molecule has 3 heteroatoms. The van der Waals surface area contributed by atoms with Crippen molar-refractivity contribution >= 4 is 28.9 Å². The highest BCUT2D eigenvalue weighted by molar-refractivity contribution is 7.44. The maximum absolute atomic E-state index is 5.43. The molecule has 0 nitrogen and oxygen atoms in total. The SMILES string of the molecule is C.C.C.C[Si](C)(Cl)Cl. The Kier molecular flexibility index (Phi) is 22.7. The molecule has 0 amide bonds. The van der Waals surface area contributed by atoms with Gasteiger partial charge >= 0.3 is 0 Å². The van der Waals surface area contributed by atoms with Gasteiger partial charge in [0.05, 0.1) is 0 Å². The Morgan fingerprint density at radius 2 is 0.875 bits per heavy atom. The van der Waals surface area contributed by atoms with Crippen molar-refractivity contribution in [1.29, 1.82) is 0 Å². The van der Waals surface area contributed by atoms with Crippen LogP contribution in [0, 0.1) is 0 Å². The monoisotopic (exact) mass is 176 g/mol. The highest BCUT2D eigenvalue weighted by atomic mass is 35.7. The molecule has 0 heterocycles. The van der Waals surface area contributed by atoms with Gasteiger partial charge in [-0.3, -0.25) is 0 Å². The summed E-state index contributed by atoms with van der Waals surface area (Å²) in [5, 5.41) is 0. The van der Waals surface area contributed by atoms with Crippen molar-refractivity contribution in [2.24, 2.45) is 0 Å². The fourth-order valence-corrected chi connectivity index (χ4v) is 0. The highest BCUT2D eigenvalue weighted by Crippen LogP contribution is 2.10. The lowest BCUT2D eigenvalue weighted by Crippen LogP contribution is -2.02. The molecule has 0 rings (SSSR count). The number of hydrogen-bond donors (Lipinski definition) is 0. The lowest BCUT2D eigenvalue weighted by Gasteiger charge is -1.93. The van der Waals surface area contributed by atoms with E-state index in [1.807, 2.05) is 13.1 Å². The average Bonchev–Trinajstić information content (AvgIpc) is 0.722. The molecule has 0 bridgehead atoms. The first kappa shape index (κ1) is 23.2. The molecule has 0 fully saturated rings. The molecule has 0 unspecified atom stereocenters. The maximum atomic E-state index is 5.43. The number of hydrogen-bond acceptors (Lipinski definition) is 0. The molecule has 0 atom stereocenters. The van der Waals surface area contributed by atoms with E-state index in [0.717, 1.165) is 0 Å². The molecule has 0 radical (unpaired) electrons. The van der Waals surface area contributed by atoms with E-state index in [2.05, 4.69) is 0 Å². The number of halogens is 2. The van der Waals surface area contributed by atoms with Crippen LogP contribution < -0.4 is 0 Å². The van der Waals surface area contributed by atoms with Gasteiger partial charge in [0.15, 0.2) is 0 Å². The van der Waals surface area contributed by atoms with Gasteiger partial charge in [0, 0.05) is 0 Å². The topological polar surface area (TPSA) is 0 Å². The summed E-state index contributed by atoms with van der Waals surface area (Å²) in [5.74, 6) is 0. The number of rotatable bonds is 0. The molecule has 56 valence electrons. The molecule has 0 saturated heterocycles. The zero-order valence-corrected chi connectivity index (χ0v) is 5.77. The van der Waals surface area contributed by atoms with Crippen LogP contribution in [-0.2, 0) is 0 Å². The molecule has 0 saturated carbocycles. The van der Waals surface area contributed by atoms with E-state index >= 15 is 0 Å². The van der Waals surface area contributed by atoms with Gasteiger partial charge < -0.3 is 0 Å². The van der Waals surface area contributed by atoms with Gasteiger partial charge in [-0.1, -0.05) is 22.3 Å². The highest BCUT2D eigenvalue weighted by Gasteiger charge is 2.08. The van der Waals surface area contributed by atoms with Crippen molar-refractivity contribution in [1.82, 2.24) is 0 Å². The summed E-state index contributed by atoms with van der Waals surface area (Å²) in [6.45, 7) is 2.05. The fourth-order valence-electron chi connectivity index (χ4n) is 0. The van der Waals surface area contributed by atoms with Crippen LogP contribution in [0.3, 0.4) is 0 Å². The third-order valence-electron chi connectivity index (χ3n) is 0. The van der Waals surface area contributed by atoms with Crippen LogP contribution in [0.5, 0.6) is 0 Å². The first-order chi connectivity index (χ1) is 2.00. The lowest BCUT2D eigenvalue weighted by molar-refractivity contribution is 2.06. The summed E-state index contributed by atoms with van der Waals surface area (Å²) in [6, 6.07) is 0. The van der Waals surface area contributed by atoms with Crippen LogP contribution in [0.15, 0.2) is 0 Å². The van der Waals surface area contributed by atoms with E-state index in [1.54, 1.807) is 0 Å². The van der Waals surface area contributed by atoms with Gasteiger partial charge in [0.1, 0.15) is 0 Å². The summed E-state index contributed by atoms with van der Waals surface area (Å²) in [6.07, 6.45) is 0. The largest absolute Gasteiger partial charge is 0.245 e. The average molecular weight is 177 g/mol. The third-order valence-corrected chi connectivity index (χ3v) is 0. The van der Waals surface area contributed by atoms with Crippen molar-refractivity contribution in [3.8, 4) is 0 Å². The van der Waals surface area contributed by atoms with Crippen molar-refractivity contribution in [3.63, 3.8) is 0 Å². The molecule has 0 spiro atoms. The predicted molar refractivity (Wildman–Crippen MR) is 49.4 cm³/mol. The standard InChI is InChI=1S/C2H6Cl2Si.3CH4/c1-5(2,3)4;;;/h1-2H3;3*1H4. The van der Waals surface area contributed by atoms with E-state index in [1.165, 1.54) is 0 Å². The Morgan fingerprint density at radius 1 is 0.875 bits per heavy atom. The summed E-state index contributed by atoms with van der Waals surface area (Å²) in [5.41, 5.74) is 0. The van der Waals surface area contributed by atoms with Crippen molar-refractivity contribution < 1.29 is 0 Å². The molecule has 0 aliphatic heterocycles. The van der Waals surface area contributed by atoms with E-state index in [-0.39, 0.29) is 22.3 Å². The summed E-state index contributed by atoms with van der Waals surface area (Å²) in [7, 11) is 0. The van der Waals surface area contributed by atoms with E-state index < -0.39 is 6.69 Å². The fraction of sp³-hybridized carbons (Fsp3) is 1.00. The van der Waals surface area contributed by atoms with E-state index in [0.29, 0.717) is 0 Å². The summed E-state index contributed by atoms with van der Waals surface area (Å²) >= 11 is 10.9. The minimum atomic E-state index is -1.67. The second kappa shape index (κ2) is 7.80. The second-order valence-corrected chi connectivity index (χ2v) is 10.2. The quantitative estimate of drug-likeness (QED) is 0.386. The normalized spacial score (nSPS) is 7.50. The smallest absolute Gasteiger partial charge is 0.146 e. The minimum absolute atomic E-state index is 0. The van der Waals surface area contributed by atoms with Gasteiger partial charge in [0.2, 0.25) is 6.69 Å². The Labute approximate surface area is 64.6 Å². The van der Waals surface area contributed by atoms with E-state index in [9.17, 15) is 0 Å². The minimum Gasteiger partial charge on any atom is -0.146 e. The summed E-state index contributed by atoms with van der Waals surface area (Å²) in [4.78, 5) is 0. The van der Waals surface area contributed by atoms with Crippen molar-refractivity contribution in [2.75, 3.05) is 0 Å². The first-order valence-electron chi connectivity index (χ1n) is 1.38. The summed E-state index contributed by atoms with van der Waals surface area (Å²) < 4.78 is 0. The Bertz CT molecular complexity index is 25.9. The van der Waals surface area contributed by atoms with E-state index in [4.69, 9.17) is 22.2 Å². The van der Waals surface area contributed by atoms with Crippen LogP contribution >= 0.6 is 22.2 Å². The van der Waals surface area contributed by atoms with Gasteiger partial charge in [-0.25, -0.2) is 0 Å². The Morgan fingerprint density at radius 3 is 0.875 bits per heavy atom. The van der Waals surface area contributed by atoms with Gasteiger partial charge in [-0.05, 0) is 13.1 Å². The molecule has 0 aliphatic carbocycles. The lowest BCUT2D eigenvalue weighted by atomic mass is 11.9. The maximum Gasteiger partial charge on any atom is 0.245 e. The Balaban J connectivity index is -0.0000000267. The second-order valence-electron chi connectivity index (χ2n) is 1.33. The molecule has 0 N–H and O–H groups in total. The molecule has 0 aromatic carbocycles. The molecule has 0 aliphatic rings. The zero-order chi connectivity index (χ0) is 4.50.